The van der Waals surface area contributed by atoms with Gasteiger partial charge in [0.05, 0.1) is 6.04 Å². The standard InChI is InChI=1S/C11H19N3/c1-10(2)7-5-8(10)11(3)9(6-7)14(4)13-12-11/h7-9H,5-6H2,1-4H3. The fraction of sp³-hybridized carbons (Fsp3) is 1.00. The summed E-state index contributed by atoms with van der Waals surface area (Å²) in [5, 5.41) is 10.9. The van der Waals surface area contributed by atoms with Crippen LogP contribution >= 0.6 is 0 Å². The van der Waals surface area contributed by atoms with Gasteiger partial charge >= 0.3 is 0 Å². The Bertz CT molecular complexity index is 310. The van der Waals surface area contributed by atoms with E-state index in [0.29, 0.717) is 11.5 Å². The largest absolute Gasteiger partial charge is 0.276 e. The molecule has 4 rings (SSSR count). The fourth-order valence-corrected chi connectivity index (χ4v) is 4.04. The molecule has 1 heterocycles. The Labute approximate surface area is 85.5 Å². The zero-order chi connectivity index (χ0) is 10.1. The van der Waals surface area contributed by atoms with Gasteiger partial charge in [-0.1, -0.05) is 19.1 Å². The highest BCUT2D eigenvalue weighted by atomic mass is 15.6. The lowest BCUT2D eigenvalue weighted by atomic mass is 9.42. The minimum Gasteiger partial charge on any atom is -0.276 e. The zero-order valence-corrected chi connectivity index (χ0v) is 9.49. The topological polar surface area (TPSA) is 28.0 Å². The third-order valence-electron chi connectivity index (χ3n) is 5.21. The van der Waals surface area contributed by atoms with Crippen molar-refractivity contribution in [1.29, 1.82) is 0 Å². The van der Waals surface area contributed by atoms with Gasteiger partial charge in [-0.05, 0) is 37.0 Å². The van der Waals surface area contributed by atoms with E-state index in [1.54, 1.807) is 0 Å². The van der Waals surface area contributed by atoms with E-state index < -0.39 is 0 Å². The van der Waals surface area contributed by atoms with E-state index in [0.717, 1.165) is 11.8 Å². The molecule has 3 aliphatic carbocycles. The number of hydrogen-bond donors (Lipinski definition) is 0. The molecule has 0 spiro atoms. The molecule has 1 aliphatic heterocycles. The number of likely N-dealkylation sites (N-methyl/N-ethyl adjacent to an activating group) is 1. The zero-order valence-electron chi connectivity index (χ0n) is 9.49. The molecule has 3 nitrogen and oxygen atoms in total. The van der Waals surface area contributed by atoms with Crippen molar-refractivity contribution in [1.82, 2.24) is 5.01 Å². The monoisotopic (exact) mass is 193 g/mol. The minimum atomic E-state index is 0.104. The maximum Gasteiger partial charge on any atom is 0.106 e. The average molecular weight is 193 g/mol. The highest BCUT2D eigenvalue weighted by Gasteiger charge is 2.66. The molecule has 3 heteroatoms. The van der Waals surface area contributed by atoms with Gasteiger partial charge in [0.1, 0.15) is 5.54 Å². The summed E-state index contributed by atoms with van der Waals surface area (Å²) >= 11 is 0. The smallest absolute Gasteiger partial charge is 0.106 e. The van der Waals surface area contributed by atoms with Crippen molar-refractivity contribution in [3.63, 3.8) is 0 Å². The van der Waals surface area contributed by atoms with Crippen molar-refractivity contribution < 1.29 is 0 Å². The third kappa shape index (κ3) is 0.719. The molecule has 0 N–H and O–H groups in total. The first-order valence-corrected chi connectivity index (χ1v) is 5.62. The summed E-state index contributed by atoms with van der Waals surface area (Å²) in [6.07, 6.45) is 2.65. The highest BCUT2D eigenvalue weighted by Crippen LogP contribution is 2.65. The molecule has 0 aromatic rings. The van der Waals surface area contributed by atoms with Crippen molar-refractivity contribution in [2.24, 2.45) is 27.6 Å². The Morgan fingerprint density at radius 3 is 2.57 bits per heavy atom. The van der Waals surface area contributed by atoms with E-state index >= 15 is 0 Å². The Morgan fingerprint density at radius 2 is 1.93 bits per heavy atom. The molecule has 78 valence electrons. The number of hydrogen-bond acceptors (Lipinski definition) is 3. The van der Waals surface area contributed by atoms with Gasteiger partial charge in [-0.15, -0.1) is 0 Å². The van der Waals surface area contributed by atoms with Crippen molar-refractivity contribution >= 4 is 0 Å². The van der Waals surface area contributed by atoms with Crippen LogP contribution in [0.1, 0.15) is 33.6 Å². The maximum absolute atomic E-state index is 4.54. The van der Waals surface area contributed by atoms with E-state index in [4.69, 9.17) is 0 Å². The third-order valence-corrected chi connectivity index (χ3v) is 5.21. The average Bonchev–Trinajstić information content (AvgIpc) is 2.42. The first kappa shape index (κ1) is 8.69. The molecule has 2 bridgehead atoms. The van der Waals surface area contributed by atoms with Gasteiger partial charge < -0.3 is 0 Å². The molecule has 14 heavy (non-hydrogen) atoms. The molecule has 0 amide bonds. The lowest BCUT2D eigenvalue weighted by Crippen LogP contribution is -2.66. The molecule has 0 radical (unpaired) electrons. The minimum absolute atomic E-state index is 0.104. The van der Waals surface area contributed by atoms with E-state index in [1.807, 2.05) is 0 Å². The second-order valence-corrected chi connectivity index (χ2v) is 6.05. The van der Waals surface area contributed by atoms with Gasteiger partial charge in [-0.2, -0.15) is 5.11 Å². The molecule has 3 saturated carbocycles. The number of nitrogens with zero attached hydrogens (tertiary/aromatic N) is 3. The van der Waals surface area contributed by atoms with Crippen LogP contribution in [0.4, 0.5) is 0 Å². The van der Waals surface area contributed by atoms with Crippen LogP contribution in [0.15, 0.2) is 10.3 Å². The first-order valence-electron chi connectivity index (χ1n) is 5.62. The van der Waals surface area contributed by atoms with Gasteiger partial charge in [0.15, 0.2) is 0 Å². The summed E-state index contributed by atoms with van der Waals surface area (Å²) in [5.41, 5.74) is 0.600. The van der Waals surface area contributed by atoms with Gasteiger partial charge in [0.2, 0.25) is 0 Å². The highest BCUT2D eigenvalue weighted by molar-refractivity contribution is 5.18. The molecule has 4 unspecified atom stereocenters. The number of rotatable bonds is 0. The Balaban J connectivity index is 2.00. The van der Waals surface area contributed by atoms with Crippen molar-refractivity contribution in [3.8, 4) is 0 Å². The van der Waals surface area contributed by atoms with E-state index in [1.165, 1.54) is 12.8 Å². The van der Waals surface area contributed by atoms with Crippen LogP contribution in [-0.2, 0) is 0 Å². The Hall–Kier alpha value is -0.600. The Kier molecular flexibility index (Phi) is 1.33. The summed E-state index contributed by atoms with van der Waals surface area (Å²) < 4.78 is 0. The predicted molar refractivity (Wildman–Crippen MR) is 54.8 cm³/mol. The summed E-state index contributed by atoms with van der Waals surface area (Å²) in [6, 6.07) is 0.569. The maximum atomic E-state index is 4.54. The summed E-state index contributed by atoms with van der Waals surface area (Å²) in [4.78, 5) is 0. The van der Waals surface area contributed by atoms with Crippen LogP contribution in [0.5, 0.6) is 0 Å². The summed E-state index contributed by atoms with van der Waals surface area (Å²) in [6.45, 7) is 7.11. The normalized spacial score (nSPS) is 52.9. The first-order chi connectivity index (χ1) is 6.46. The fourth-order valence-electron chi connectivity index (χ4n) is 4.04. The SMILES string of the molecule is CN1N=NC2(C)C1CC1CC2C1(C)C. The van der Waals surface area contributed by atoms with Gasteiger partial charge in [-0.25, -0.2) is 0 Å². The Morgan fingerprint density at radius 1 is 1.21 bits per heavy atom. The summed E-state index contributed by atoms with van der Waals surface area (Å²) in [7, 11) is 2.07. The second-order valence-electron chi connectivity index (χ2n) is 6.05. The van der Waals surface area contributed by atoms with Crippen molar-refractivity contribution in [2.75, 3.05) is 7.05 Å². The van der Waals surface area contributed by atoms with Crippen LogP contribution < -0.4 is 0 Å². The van der Waals surface area contributed by atoms with Crippen LogP contribution in [0, 0.1) is 17.3 Å². The van der Waals surface area contributed by atoms with Crippen molar-refractivity contribution in [2.45, 2.75) is 45.2 Å². The van der Waals surface area contributed by atoms with Crippen LogP contribution in [0.25, 0.3) is 0 Å². The van der Waals surface area contributed by atoms with Gasteiger partial charge in [-0.3, -0.25) is 5.01 Å². The molecular weight excluding hydrogens is 174 g/mol. The molecule has 0 aromatic heterocycles. The molecular formula is C11H19N3. The predicted octanol–water partition coefficient (Wildman–Crippen LogP) is 2.49. The van der Waals surface area contributed by atoms with Gasteiger partial charge in [0, 0.05) is 7.05 Å². The van der Waals surface area contributed by atoms with Crippen LogP contribution in [0.2, 0.25) is 0 Å². The molecule has 3 fully saturated rings. The van der Waals surface area contributed by atoms with E-state index in [2.05, 4.69) is 43.2 Å². The van der Waals surface area contributed by atoms with Crippen molar-refractivity contribution in [3.05, 3.63) is 0 Å². The second kappa shape index (κ2) is 2.15. The lowest BCUT2D eigenvalue weighted by Gasteiger charge is -2.64. The van der Waals surface area contributed by atoms with E-state index in [-0.39, 0.29) is 5.54 Å². The lowest BCUT2D eigenvalue weighted by molar-refractivity contribution is -0.132. The molecule has 4 aliphatic rings. The quantitative estimate of drug-likeness (QED) is 0.581. The van der Waals surface area contributed by atoms with E-state index in [9.17, 15) is 0 Å². The molecule has 0 aromatic carbocycles. The van der Waals surface area contributed by atoms with Crippen LogP contribution in [-0.4, -0.2) is 23.6 Å². The molecule has 0 saturated heterocycles. The molecule has 4 atom stereocenters. The van der Waals surface area contributed by atoms with Crippen LogP contribution in [0.3, 0.4) is 0 Å². The summed E-state index contributed by atoms with van der Waals surface area (Å²) in [5.74, 6) is 1.64. The van der Waals surface area contributed by atoms with Gasteiger partial charge in [0.25, 0.3) is 0 Å².